The van der Waals surface area contributed by atoms with Crippen molar-refractivity contribution in [2.75, 3.05) is 11.9 Å². The van der Waals surface area contributed by atoms with Gasteiger partial charge in [-0.25, -0.2) is 0 Å². The summed E-state index contributed by atoms with van der Waals surface area (Å²) in [5.74, 6) is -1.15. The molecule has 0 radical (unpaired) electrons. The number of ether oxygens (including phenoxy) is 1. The van der Waals surface area contributed by atoms with Gasteiger partial charge >= 0.3 is 0 Å². The van der Waals surface area contributed by atoms with Gasteiger partial charge in [-0.3, -0.25) is 19.7 Å². The third-order valence-corrected chi connectivity index (χ3v) is 3.78. The Kier molecular flexibility index (Phi) is 5.26. The first-order valence-corrected chi connectivity index (χ1v) is 7.64. The molecule has 0 saturated heterocycles. The molecule has 0 aliphatic carbocycles. The van der Waals surface area contributed by atoms with Crippen molar-refractivity contribution in [1.29, 1.82) is 0 Å². The van der Waals surface area contributed by atoms with Gasteiger partial charge in [0.1, 0.15) is 17.1 Å². The highest BCUT2D eigenvalue weighted by molar-refractivity contribution is 6.12. The van der Waals surface area contributed by atoms with E-state index in [1.54, 1.807) is 6.07 Å². The van der Waals surface area contributed by atoms with Crippen molar-refractivity contribution in [3.05, 3.63) is 46.2 Å². The molecule has 0 aliphatic rings. The topological polar surface area (TPSA) is 112 Å². The molecule has 2 aromatic rings. The lowest BCUT2D eigenvalue weighted by Gasteiger charge is -2.08. The molecule has 0 bridgehead atoms. The van der Waals surface area contributed by atoms with Crippen molar-refractivity contribution < 1.29 is 23.5 Å². The lowest BCUT2D eigenvalue weighted by atomic mass is 10.1. The fourth-order valence-corrected chi connectivity index (χ4v) is 2.41. The van der Waals surface area contributed by atoms with Crippen LogP contribution in [0.3, 0.4) is 0 Å². The Morgan fingerprint density at radius 2 is 1.80 bits per heavy atom. The van der Waals surface area contributed by atoms with Gasteiger partial charge in [0.2, 0.25) is 5.88 Å². The summed E-state index contributed by atoms with van der Waals surface area (Å²) in [4.78, 5) is 35.3. The minimum Gasteiger partial charge on any atom is -0.484 e. The molecule has 2 rings (SSSR count). The normalized spacial score (nSPS) is 10.4. The number of carbonyl (C=O) groups excluding carboxylic acids is 3. The second kappa shape index (κ2) is 7.21. The number of hydrogen-bond donors (Lipinski definition) is 2. The average Bonchev–Trinajstić information content (AvgIpc) is 2.85. The monoisotopic (exact) mass is 344 g/mol. The van der Waals surface area contributed by atoms with Gasteiger partial charge in [0.25, 0.3) is 11.8 Å². The fraction of sp³-hybridized carbons (Fsp3) is 0.278. The predicted octanol–water partition coefficient (Wildman–Crippen LogP) is 2.52. The number of nitrogens with one attached hydrogen (secondary N) is 1. The Labute approximate surface area is 145 Å². The molecular weight excluding hydrogens is 324 g/mol. The maximum absolute atomic E-state index is 12.1. The van der Waals surface area contributed by atoms with E-state index in [0.29, 0.717) is 5.75 Å². The van der Waals surface area contributed by atoms with Gasteiger partial charge in [-0.2, -0.15) is 0 Å². The van der Waals surface area contributed by atoms with Crippen molar-refractivity contribution in [2.24, 2.45) is 5.73 Å². The van der Waals surface area contributed by atoms with E-state index in [-0.39, 0.29) is 35.2 Å². The first-order chi connectivity index (χ1) is 11.7. The second-order valence-corrected chi connectivity index (χ2v) is 5.74. The number of ketones is 1. The highest BCUT2D eigenvalue weighted by atomic mass is 16.5. The zero-order valence-electron chi connectivity index (χ0n) is 14.6. The smallest absolute Gasteiger partial charge is 0.264 e. The van der Waals surface area contributed by atoms with E-state index in [9.17, 15) is 14.4 Å². The highest BCUT2D eigenvalue weighted by Crippen LogP contribution is 2.27. The maximum atomic E-state index is 12.1. The van der Waals surface area contributed by atoms with E-state index in [2.05, 4.69) is 5.32 Å². The van der Waals surface area contributed by atoms with Crippen molar-refractivity contribution in [1.82, 2.24) is 0 Å². The number of amides is 2. The molecule has 0 saturated carbocycles. The van der Waals surface area contributed by atoms with Crippen LogP contribution in [0.15, 0.2) is 22.6 Å². The minimum absolute atomic E-state index is 0.0675. The molecule has 0 unspecified atom stereocenters. The van der Waals surface area contributed by atoms with Crippen molar-refractivity contribution in [2.45, 2.75) is 27.7 Å². The molecule has 0 atom stereocenters. The number of nitrogens with two attached hydrogens (primary N) is 1. The lowest BCUT2D eigenvalue weighted by Crippen LogP contribution is -2.23. The molecule has 0 fully saturated rings. The zero-order valence-corrected chi connectivity index (χ0v) is 14.6. The van der Waals surface area contributed by atoms with E-state index >= 15 is 0 Å². The number of primary amides is 1. The van der Waals surface area contributed by atoms with Gasteiger partial charge in [0.15, 0.2) is 12.4 Å². The average molecular weight is 344 g/mol. The Balaban J connectivity index is 2.12. The van der Waals surface area contributed by atoms with Crippen LogP contribution in [0.1, 0.15) is 44.5 Å². The summed E-state index contributed by atoms with van der Waals surface area (Å²) in [5.41, 5.74) is 7.40. The van der Waals surface area contributed by atoms with Crippen LogP contribution in [0.5, 0.6) is 5.75 Å². The Morgan fingerprint density at radius 3 is 2.36 bits per heavy atom. The van der Waals surface area contributed by atoms with Crippen LogP contribution in [-0.2, 0) is 4.79 Å². The van der Waals surface area contributed by atoms with Crippen molar-refractivity contribution in [3.8, 4) is 5.75 Å². The molecule has 3 N–H and O–H groups in total. The van der Waals surface area contributed by atoms with Gasteiger partial charge in [-0.1, -0.05) is 6.07 Å². The van der Waals surface area contributed by atoms with Crippen LogP contribution < -0.4 is 15.8 Å². The van der Waals surface area contributed by atoms with Gasteiger partial charge in [-0.05, 0) is 51.0 Å². The third kappa shape index (κ3) is 4.06. The molecule has 1 aromatic heterocycles. The summed E-state index contributed by atoms with van der Waals surface area (Å²) < 4.78 is 10.7. The van der Waals surface area contributed by atoms with Gasteiger partial charge in [0.05, 0.1) is 5.56 Å². The molecule has 7 nitrogen and oxygen atoms in total. The molecule has 7 heteroatoms. The first kappa shape index (κ1) is 18.3. The standard InChI is InChI=1S/C18H20N2O5/c1-9-5-6-13(7-10(9)2)24-8-14(22)20-18-16(17(19)23)15(11(3)21)12(4)25-18/h5-7H,8H2,1-4H3,(H2,19,23)(H,20,22). The first-order valence-electron chi connectivity index (χ1n) is 7.64. The predicted molar refractivity (Wildman–Crippen MR) is 92.0 cm³/mol. The Morgan fingerprint density at radius 1 is 1.12 bits per heavy atom. The van der Waals surface area contributed by atoms with Crippen molar-refractivity contribution in [3.63, 3.8) is 0 Å². The van der Waals surface area contributed by atoms with E-state index in [1.807, 2.05) is 26.0 Å². The number of furan rings is 1. The minimum atomic E-state index is -0.854. The zero-order chi connectivity index (χ0) is 18.7. The fourth-order valence-electron chi connectivity index (χ4n) is 2.41. The molecule has 0 aliphatic heterocycles. The quantitative estimate of drug-likeness (QED) is 0.782. The SMILES string of the molecule is CC(=O)c1c(C)oc(NC(=O)COc2ccc(C)c(C)c2)c1C(N)=O. The Hall–Kier alpha value is -3.09. The summed E-state index contributed by atoms with van der Waals surface area (Å²) >= 11 is 0. The molecule has 2 amide bonds. The number of aryl methyl sites for hydroxylation is 3. The van der Waals surface area contributed by atoms with Crippen LogP contribution in [0.2, 0.25) is 0 Å². The number of benzene rings is 1. The summed E-state index contributed by atoms with van der Waals surface area (Å²) in [7, 11) is 0. The summed E-state index contributed by atoms with van der Waals surface area (Å²) in [6, 6.07) is 5.47. The van der Waals surface area contributed by atoms with Gasteiger partial charge in [0, 0.05) is 0 Å². The van der Waals surface area contributed by atoms with Crippen LogP contribution in [-0.4, -0.2) is 24.2 Å². The summed E-state index contributed by atoms with van der Waals surface area (Å²) in [5, 5.41) is 2.42. The number of hydrogen-bond acceptors (Lipinski definition) is 5. The number of carbonyl (C=O) groups is 3. The van der Waals surface area contributed by atoms with Crippen LogP contribution in [0.4, 0.5) is 5.88 Å². The summed E-state index contributed by atoms with van der Waals surface area (Å²) in [6.45, 7) is 6.44. The van der Waals surface area contributed by atoms with Gasteiger partial charge in [-0.15, -0.1) is 0 Å². The molecule has 25 heavy (non-hydrogen) atoms. The molecular formula is C18H20N2O5. The highest BCUT2D eigenvalue weighted by Gasteiger charge is 2.26. The number of Topliss-reactive ketones (excluding diaryl/α,β-unsaturated/α-hetero) is 1. The van der Waals surface area contributed by atoms with Gasteiger partial charge < -0.3 is 14.9 Å². The lowest BCUT2D eigenvalue weighted by molar-refractivity contribution is -0.118. The van der Waals surface area contributed by atoms with Crippen molar-refractivity contribution >= 4 is 23.5 Å². The number of anilines is 1. The van der Waals surface area contributed by atoms with Crippen LogP contribution in [0.25, 0.3) is 0 Å². The largest absolute Gasteiger partial charge is 0.484 e. The van der Waals surface area contributed by atoms with Crippen LogP contribution in [0, 0.1) is 20.8 Å². The van der Waals surface area contributed by atoms with E-state index in [0.717, 1.165) is 11.1 Å². The molecule has 1 heterocycles. The second-order valence-electron chi connectivity index (χ2n) is 5.74. The Bertz CT molecular complexity index is 851. The number of rotatable bonds is 6. The molecule has 0 spiro atoms. The van der Waals surface area contributed by atoms with E-state index < -0.39 is 11.8 Å². The third-order valence-electron chi connectivity index (χ3n) is 3.78. The molecule has 1 aromatic carbocycles. The maximum Gasteiger partial charge on any atom is 0.264 e. The molecule has 132 valence electrons. The van der Waals surface area contributed by atoms with Crippen LogP contribution >= 0.6 is 0 Å². The van der Waals surface area contributed by atoms with E-state index in [4.69, 9.17) is 14.9 Å². The summed E-state index contributed by atoms with van der Waals surface area (Å²) in [6.07, 6.45) is 0. The van der Waals surface area contributed by atoms with E-state index in [1.165, 1.54) is 13.8 Å².